The molecule has 0 radical (unpaired) electrons. The zero-order chi connectivity index (χ0) is 18.4. The summed E-state index contributed by atoms with van der Waals surface area (Å²) in [7, 11) is 0. The molecule has 1 amide bonds. The number of rotatable bonds is 6. The van der Waals surface area contributed by atoms with E-state index in [1.165, 1.54) is 5.69 Å². The molecule has 2 heterocycles. The van der Waals surface area contributed by atoms with Crippen LogP contribution >= 0.6 is 0 Å². The summed E-state index contributed by atoms with van der Waals surface area (Å²) in [4.78, 5) is 21.3. The van der Waals surface area contributed by atoms with Crippen molar-refractivity contribution < 1.29 is 4.79 Å². The van der Waals surface area contributed by atoms with E-state index >= 15 is 0 Å². The lowest BCUT2D eigenvalue weighted by Crippen LogP contribution is -2.48. The van der Waals surface area contributed by atoms with E-state index in [1.807, 2.05) is 17.0 Å². The van der Waals surface area contributed by atoms with E-state index in [0.717, 1.165) is 44.8 Å². The van der Waals surface area contributed by atoms with Crippen molar-refractivity contribution in [3.63, 3.8) is 0 Å². The van der Waals surface area contributed by atoms with Crippen LogP contribution in [0.5, 0.6) is 0 Å². The molecular formula is C21H28N4O. The van der Waals surface area contributed by atoms with Crippen LogP contribution in [0.2, 0.25) is 0 Å². The normalized spacial score (nSPS) is 14.6. The Morgan fingerprint density at radius 2 is 1.85 bits per heavy atom. The van der Waals surface area contributed by atoms with E-state index in [4.69, 9.17) is 0 Å². The van der Waals surface area contributed by atoms with Crippen LogP contribution in [-0.2, 0) is 0 Å². The molecule has 26 heavy (non-hydrogen) atoms. The van der Waals surface area contributed by atoms with Gasteiger partial charge in [-0.1, -0.05) is 32.0 Å². The van der Waals surface area contributed by atoms with Crippen LogP contribution in [0.4, 0.5) is 11.4 Å². The summed E-state index contributed by atoms with van der Waals surface area (Å²) in [6, 6.07) is 12.3. The van der Waals surface area contributed by atoms with E-state index in [0.29, 0.717) is 11.5 Å². The molecule has 0 aliphatic carbocycles. The second kappa shape index (κ2) is 8.70. The number of para-hydroxylation sites is 1. The quantitative estimate of drug-likeness (QED) is 0.864. The van der Waals surface area contributed by atoms with E-state index in [9.17, 15) is 4.79 Å². The van der Waals surface area contributed by atoms with Gasteiger partial charge in [0, 0.05) is 50.8 Å². The van der Waals surface area contributed by atoms with Crippen molar-refractivity contribution in [3.8, 4) is 0 Å². The maximum Gasteiger partial charge on any atom is 0.255 e. The molecule has 0 atom stereocenters. The summed E-state index contributed by atoms with van der Waals surface area (Å²) in [5.74, 6) is 0.721. The Labute approximate surface area is 156 Å². The fourth-order valence-corrected chi connectivity index (χ4v) is 3.15. The Morgan fingerprint density at radius 3 is 2.54 bits per heavy atom. The van der Waals surface area contributed by atoms with Crippen molar-refractivity contribution in [1.82, 2.24) is 9.88 Å². The summed E-state index contributed by atoms with van der Waals surface area (Å²) in [6.45, 7) is 8.49. The minimum atomic E-state index is 0.0673. The van der Waals surface area contributed by atoms with Crippen LogP contribution in [0.25, 0.3) is 0 Å². The minimum Gasteiger partial charge on any atom is -0.384 e. The number of anilines is 2. The van der Waals surface area contributed by atoms with E-state index in [-0.39, 0.29) is 5.91 Å². The van der Waals surface area contributed by atoms with Gasteiger partial charge in [-0.2, -0.15) is 0 Å². The zero-order valence-corrected chi connectivity index (χ0v) is 15.7. The zero-order valence-electron chi connectivity index (χ0n) is 15.7. The van der Waals surface area contributed by atoms with E-state index in [1.54, 1.807) is 12.4 Å². The predicted octanol–water partition coefficient (Wildman–Crippen LogP) is 3.50. The number of amides is 1. The third-order valence-electron chi connectivity index (χ3n) is 4.72. The van der Waals surface area contributed by atoms with E-state index in [2.05, 4.69) is 53.3 Å². The van der Waals surface area contributed by atoms with Crippen molar-refractivity contribution in [2.75, 3.05) is 42.9 Å². The van der Waals surface area contributed by atoms with Gasteiger partial charge in [-0.05, 0) is 30.5 Å². The highest BCUT2D eigenvalue weighted by atomic mass is 16.2. The Balaban J connectivity index is 1.56. The first-order valence-corrected chi connectivity index (χ1v) is 9.41. The number of nitrogens with one attached hydrogen (secondary N) is 1. The molecular weight excluding hydrogens is 324 g/mol. The monoisotopic (exact) mass is 352 g/mol. The number of aromatic nitrogens is 1. The third-order valence-corrected chi connectivity index (χ3v) is 4.72. The van der Waals surface area contributed by atoms with Crippen LogP contribution in [0.15, 0.2) is 48.8 Å². The fourth-order valence-electron chi connectivity index (χ4n) is 3.15. The second-order valence-corrected chi connectivity index (χ2v) is 7.19. The molecule has 1 aliphatic heterocycles. The third kappa shape index (κ3) is 4.75. The lowest BCUT2D eigenvalue weighted by Gasteiger charge is -2.36. The first kappa shape index (κ1) is 18.2. The molecule has 5 nitrogen and oxygen atoms in total. The molecule has 138 valence electrons. The number of benzene rings is 1. The molecule has 3 rings (SSSR count). The smallest absolute Gasteiger partial charge is 0.255 e. The highest BCUT2D eigenvalue weighted by Crippen LogP contribution is 2.17. The van der Waals surface area contributed by atoms with Crippen LogP contribution in [0.3, 0.4) is 0 Å². The van der Waals surface area contributed by atoms with Crippen LogP contribution in [-0.4, -0.2) is 48.5 Å². The second-order valence-electron chi connectivity index (χ2n) is 7.19. The summed E-state index contributed by atoms with van der Waals surface area (Å²) in [5, 5.41) is 3.36. The van der Waals surface area contributed by atoms with Gasteiger partial charge < -0.3 is 15.1 Å². The van der Waals surface area contributed by atoms with Crippen LogP contribution in [0, 0.1) is 5.92 Å². The molecule has 1 fully saturated rings. The van der Waals surface area contributed by atoms with Gasteiger partial charge in [-0.25, -0.2) is 0 Å². The van der Waals surface area contributed by atoms with Gasteiger partial charge in [0.05, 0.1) is 11.3 Å². The Morgan fingerprint density at radius 1 is 1.12 bits per heavy atom. The first-order valence-electron chi connectivity index (χ1n) is 9.41. The van der Waals surface area contributed by atoms with Crippen molar-refractivity contribution in [3.05, 3.63) is 54.4 Å². The average molecular weight is 352 g/mol. The number of hydrogen-bond acceptors (Lipinski definition) is 4. The standard InChI is InChI=1S/C21H28N4O/c1-17(2)8-9-23-19-14-18(15-22-16-19)21(26)25-12-10-24(11-13-25)20-6-4-3-5-7-20/h3-7,14-17,23H,8-13H2,1-2H3. The molecule has 1 aliphatic rings. The summed E-state index contributed by atoms with van der Waals surface area (Å²) in [6.07, 6.45) is 4.55. The number of piperazine rings is 1. The van der Waals surface area contributed by atoms with Gasteiger partial charge in [-0.15, -0.1) is 0 Å². The maximum atomic E-state index is 12.8. The Bertz CT molecular complexity index is 709. The van der Waals surface area contributed by atoms with Gasteiger partial charge in [-0.3, -0.25) is 9.78 Å². The Kier molecular flexibility index (Phi) is 6.10. The van der Waals surface area contributed by atoms with Crippen molar-refractivity contribution >= 4 is 17.3 Å². The van der Waals surface area contributed by atoms with Crippen molar-refractivity contribution in [1.29, 1.82) is 0 Å². The summed E-state index contributed by atoms with van der Waals surface area (Å²) in [5.41, 5.74) is 2.80. The van der Waals surface area contributed by atoms with Gasteiger partial charge in [0.1, 0.15) is 0 Å². The van der Waals surface area contributed by atoms with Gasteiger partial charge in [0.2, 0.25) is 0 Å². The molecule has 5 heteroatoms. The maximum absolute atomic E-state index is 12.8. The van der Waals surface area contributed by atoms with Gasteiger partial charge in [0.15, 0.2) is 0 Å². The highest BCUT2D eigenvalue weighted by molar-refractivity contribution is 5.95. The van der Waals surface area contributed by atoms with Crippen molar-refractivity contribution in [2.45, 2.75) is 20.3 Å². The molecule has 1 N–H and O–H groups in total. The highest BCUT2D eigenvalue weighted by Gasteiger charge is 2.22. The summed E-state index contributed by atoms with van der Waals surface area (Å²) < 4.78 is 0. The van der Waals surface area contributed by atoms with Gasteiger partial charge >= 0.3 is 0 Å². The number of nitrogens with zero attached hydrogens (tertiary/aromatic N) is 3. The number of hydrogen-bond donors (Lipinski definition) is 1. The molecule has 1 aromatic carbocycles. The number of carbonyl (C=O) groups excluding carboxylic acids is 1. The first-order chi connectivity index (χ1) is 12.6. The molecule has 0 bridgehead atoms. The summed E-state index contributed by atoms with van der Waals surface area (Å²) >= 11 is 0. The van der Waals surface area contributed by atoms with Gasteiger partial charge in [0.25, 0.3) is 5.91 Å². The SMILES string of the molecule is CC(C)CCNc1cncc(C(=O)N2CCN(c3ccccc3)CC2)c1. The molecule has 1 saturated heterocycles. The fraction of sp³-hybridized carbons (Fsp3) is 0.429. The number of carbonyl (C=O) groups is 1. The minimum absolute atomic E-state index is 0.0673. The lowest BCUT2D eigenvalue weighted by molar-refractivity contribution is 0.0746. The number of pyridine rings is 1. The predicted molar refractivity (Wildman–Crippen MR) is 107 cm³/mol. The molecule has 1 aromatic heterocycles. The average Bonchev–Trinajstić information content (AvgIpc) is 2.68. The van der Waals surface area contributed by atoms with Crippen LogP contribution < -0.4 is 10.2 Å². The van der Waals surface area contributed by atoms with Crippen LogP contribution in [0.1, 0.15) is 30.6 Å². The largest absolute Gasteiger partial charge is 0.384 e. The molecule has 0 saturated carbocycles. The topological polar surface area (TPSA) is 48.5 Å². The molecule has 0 spiro atoms. The Hall–Kier alpha value is -2.56. The molecule has 0 unspecified atom stereocenters. The van der Waals surface area contributed by atoms with E-state index < -0.39 is 0 Å². The molecule has 2 aromatic rings. The van der Waals surface area contributed by atoms with Crippen molar-refractivity contribution in [2.24, 2.45) is 5.92 Å². The lowest BCUT2D eigenvalue weighted by atomic mass is 10.1.